The Balaban J connectivity index is 1.68. The zero-order chi connectivity index (χ0) is 31.9. The highest BCUT2D eigenvalue weighted by Gasteiger charge is 2.29. The summed E-state index contributed by atoms with van der Waals surface area (Å²) >= 11 is 0. The van der Waals surface area contributed by atoms with E-state index < -0.39 is 15.8 Å². The van der Waals surface area contributed by atoms with E-state index >= 15 is 0 Å². The molecule has 0 N–H and O–H groups in total. The van der Waals surface area contributed by atoms with Gasteiger partial charge in [-0.2, -0.15) is 21.0 Å². The van der Waals surface area contributed by atoms with Gasteiger partial charge in [0, 0.05) is 21.2 Å². The van der Waals surface area contributed by atoms with Gasteiger partial charge in [0.2, 0.25) is 0 Å². The van der Waals surface area contributed by atoms with Crippen molar-refractivity contribution in [3.63, 3.8) is 0 Å². The van der Waals surface area contributed by atoms with Crippen LogP contribution in [0.2, 0.25) is 0 Å². The topological polar surface area (TPSA) is 95.2 Å². The van der Waals surface area contributed by atoms with Gasteiger partial charge in [0.05, 0.1) is 46.5 Å². The molecule has 0 atom stereocenters. The van der Waals surface area contributed by atoms with E-state index in [1.165, 1.54) is 0 Å². The number of nitrogens with zero attached hydrogens (tertiary/aromatic N) is 4. The molecule has 46 heavy (non-hydrogen) atoms. The predicted octanol–water partition coefficient (Wildman–Crippen LogP) is 6.36. The first-order valence-corrected chi connectivity index (χ1v) is 17.1. The van der Waals surface area contributed by atoms with Crippen LogP contribution in [0.5, 0.6) is 0 Å². The molecule has 0 amide bonds. The standard InChI is InChI=1S/C40H24N4P2/c41-25-29-13-1-7-19-35(29)45(36-20-8-2-14-30(36)26-42)39-23-11-5-17-33(39)34-18-6-12-24-40(34)46(37-21-9-3-15-31(37)27-43)38-22-10-4-16-32(38)28-44/h1-24H. The number of hydrogen-bond donors (Lipinski definition) is 0. The zero-order valence-electron chi connectivity index (χ0n) is 24.5. The molecule has 0 aromatic heterocycles. The molecule has 0 aliphatic carbocycles. The molecule has 0 saturated carbocycles. The Morgan fingerprint density at radius 2 is 0.500 bits per heavy atom. The van der Waals surface area contributed by atoms with Gasteiger partial charge in [-0.15, -0.1) is 0 Å². The molecule has 0 aliphatic heterocycles. The zero-order valence-corrected chi connectivity index (χ0v) is 26.3. The van der Waals surface area contributed by atoms with E-state index in [0.717, 1.165) is 43.0 Å². The summed E-state index contributed by atoms with van der Waals surface area (Å²) in [5, 5.41) is 46.3. The average Bonchev–Trinajstić information content (AvgIpc) is 3.13. The molecule has 0 heterocycles. The molecular weight excluding hydrogens is 598 g/mol. The minimum atomic E-state index is -1.34. The molecule has 0 spiro atoms. The second-order valence-electron chi connectivity index (χ2n) is 10.2. The first kappa shape index (κ1) is 30.2. The fourth-order valence-corrected chi connectivity index (χ4v) is 10.9. The first-order chi connectivity index (χ1) is 22.7. The molecule has 0 saturated heterocycles. The van der Waals surface area contributed by atoms with E-state index in [-0.39, 0.29) is 0 Å². The second kappa shape index (κ2) is 13.8. The SMILES string of the molecule is N#Cc1ccccc1P(c1ccccc1C#N)c1ccccc1-c1ccccc1P(c1ccccc1C#N)c1ccccc1C#N. The van der Waals surface area contributed by atoms with Crippen LogP contribution in [-0.2, 0) is 0 Å². The number of hydrogen-bond acceptors (Lipinski definition) is 4. The molecular formula is C40H24N4P2. The van der Waals surface area contributed by atoms with Gasteiger partial charge in [0.15, 0.2) is 0 Å². The smallest absolute Gasteiger partial charge is 0.0998 e. The molecule has 4 nitrogen and oxygen atoms in total. The van der Waals surface area contributed by atoms with Crippen LogP contribution in [0.1, 0.15) is 22.3 Å². The van der Waals surface area contributed by atoms with Gasteiger partial charge >= 0.3 is 0 Å². The van der Waals surface area contributed by atoms with Crippen LogP contribution in [0, 0.1) is 45.3 Å². The highest BCUT2D eigenvalue weighted by molar-refractivity contribution is 7.81. The maximum absolute atomic E-state index is 10.2. The van der Waals surface area contributed by atoms with Crippen molar-refractivity contribution in [1.29, 1.82) is 21.0 Å². The lowest BCUT2D eigenvalue weighted by Crippen LogP contribution is -2.28. The lowest BCUT2D eigenvalue weighted by Gasteiger charge is -2.27. The Labute approximate surface area is 271 Å². The fourth-order valence-electron chi connectivity index (χ4n) is 5.62. The summed E-state index contributed by atoms with van der Waals surface area (Å²) < 4.78 is 0. The van der Waals surface area contributed by atoms with E-state index in [9.17, 15) is 21.0 Å². The number of benzene rings is 6. The van der Waals surface area contributed by atoms with Crippen molar-refractivity contribution >= 4 is 47.7 Å². The van der Waals surface area contributed by atoms with Crippen LogP contribution >= 0.6 is 15.8 Å². The van der Waals surface area contributed by atoms with Crippen molar-refractivity contribution in [2.24, 2.45) is 0 Å². The summed E-state index contributed by atoms with van der Waals surface area (Å²) in [5.41, 5.74) is 4.22. The van der Waals surface area contributed by atoms with Crippen molar-refractivity contribution in [3.8, 4) is 35.4 Å². The molecule has 6 aromatic carbocycles. The third-order valence-corrected chi connectivity index (χ3v) is 12.9. The Kier molecular flexibility index (Phi) is 9.08. The molecule has 6 rings (SSSR count). The third-order valence-electron chi connectivity index (χ3n) is 7.64. The normalized spacial score (nSPS) is 10.5. The third kappa shape index (κ3) is 5.69. The summed E-state index contributed by atoms with van der Waals surface area (Å²) in [4.78, 5) is 0. The molecule has 214 valence electrons. The Morgan fingerprint density at radius 3 is 0.761 bits per heavy atom. The van der Waals surface area contributed by atoms with Crippen LogP contribution in [0.15, 0.2) is 146 Å². The van der Waals surface area contributed by atoms with Crippen molar-refractivity contribution in [3.05, 3.63) is 168 Å². The van der Waals surface area contributed by atoms with E-state index in [4.69, 9.17) is 0 Å². The highest BCUT2D eigenvalue weighted by Crippen LogP contribution is 2.42. The Morgan fingerprint density at radius 1 is 0.283 bits per heavy atom. The summed E-state index contributed by atoms with van der Waals surface area (Å²) in [7, 11) is -2.69. The van der Waals surface area contributed by atoms with Crippen molar-refractivity contribution in [2.45, 2.75) is 0 Å². The monoisotopic (exact) mass is 622 g/mol. The molecule has 0 bridgehead atoms. The lowest BCUT2D eigenvalue weighted by atomic mass is 10.1. The van der Waals surface area contributed by atoms with E-state index in [0.29, 0.717) is 22.3 Å². The van der Waals surface area contributed by atoms with Crippen LogP contribution in [0.25, 0.3) is 11.1 Å². The van der Waals surface area contributed by atoms with Gasteiger partial charge in [-0.1, -0.05) is 121 Å². The molecule has 0 radical (unpaired) electrons. The van der Waals surface area contributed by atoms with Gasteiger partial charge in [-0.3, -0.25) is 0 Å². The van der Waals surface area contributed by atoms with Crippen LogP contribution in [0.4, 0.5) is 0 Å². The Bertz CT molecular complexity index is 1970. The summed E-state index contributed by atoms with van der Waals surface area (Å²) in [6.07, 6.45) is 0. The quantitative estimate of drug-likeness (QED) is 0.194. The van der Waals surface area contributed by atoms with Crippen molar-refractivity contribution < 1.29 is 0 Å². The fraction of sp³-hybridized carbons (Fsp3) is 0. The lowest BCUT2D eigenvalue weighted by molar-refractivity contribution is 1.49. The maximum atomic E-state index is 10.2. The number of nitriles is 4. The van der Waals surface area contributed by atoms with Crippen molar-refractivity contribution in [2.75, 3.05) is 0 Å². The summed E-state index contributed by atoms with van der Waals surface area (Å²) in [5.74, 6) is 0. The van der Waals surface area contributed by atoms with E-state index in [2.05, 4.69) is 48.5 Å². The maximum Gasteiger partial charge on any atom is 0.0998 e. The molecule has 0 fully saturated rings. The molecule has 0 unspecified atom stereocenters. The van der Waals surface area contributed by atoms with E-state index in [1.54, 1.807) is 0 Å². The van der Waals surface area contributed by atoms with E-state index in [1.807, 2.05) is 121 Å². The van der Waals surface area contributed by atoms with Crippen LogP contribution in [-0.4, -0.2) is 0 Å². The minimum Gasteiger partial charge on any atom is -0.192 e. The van der Waals surface area contributed by atoms with Gasteiger partial charge in [0.25, 0.3) is 0 Å². The summed E-state index contributed by atoms with van der Waals surface area (Å²) in [6, 6.07) is 56.4. The molecule has 0 aliphatic rings. The minimum absolute atomic E-state index is 0.567. The molecule has 6 aromatic rings. The van der Waals surface area contributed by atoms with Gasteiger partial charge in [-0.05, 0) is 61.8 Å². The van der Waals surface area contributed by atoms with Crippen LogP contribution in [0.3, 0.4) is 0 Å². The molecule has 6 heteroatoms. The van der Waals surface area contributed by atoms with Gasteiger partial charge < -0.3 is 0 Å². The highest BCUT2D eigenvalue weighted by atomic mass is 31.1. The average molecular weight is 623 g/mol. The van der Waals surface area contributed by atoms with Crippen molar-refractivity contribution in [1.82, 2.24) is 0 Å². The summed E-state index contributed by atoms with van der Waals surface area (Å²) in [6.45, 7) is 0. The van der Waals surface area contributed by atoms with Gasteiger partial charge in [-0.25, -0.2) is 0 Å². The number of rotatable bonds is 7. The predicted molar refractivity (Wildman–Crippen MR) is 188 cm³/mol. The second-order valence-corrected chi connectivity index (χ2v) is 14.5. The van der Waals surface area contributed by atoms with Gasteiger partial charge in [0.1, 0.15) is 0 Å². The Hall–Kier alpha value is -5.86. The first-order valence-electron chi connectivity index (χ1n) is 14.5. The van der Waals surface area contributed by atoms with Crippen LogP contribution < -0.4 is 31.8 Å². The largest absolute Gasteiger partial charge is 0.192 e.